The second-order valence-electron chi connectivity index (χ2n) is 3.09. The lowest BCUT2D eigenvalue weighted by Crippen LogP contribution is -2.17. The number of rotatable bonds is 2. The van der Waals surface area contributed by atoms with Gasteiger partial charge in [-0.05, 0) is 12.1 Å². The lowest BCUT2D eigenvalue weighted by molar-refractivity contribution is -0.149. The number of anilines is 1. The summed E-state index contributed by atoms with van der Waals surface area (Å²) in [6.45, 7) is 0. The summed E-state index contributed by atoms with van der Waals surface area (Å²) in [5.74, 6) is -1.75. The number of aliphatic carboxylic acids is 1. The highest BCUT2D eigenvalue weighted by atomic mass is 19.4. The number of benzene rings is 1. The molecule has 0 aliphatic carbocycles. The molecule has 0 radical (unpaired) electrons. The second kappa shape index (κ2) is 4.01. The lowest BCUT2D eigenvalue weighted by atomic mass is 10.0. The average molecular weight is 235 g/mol. The monoisotopic (exact) mass is 235 g/mol. The zero-order chi connectivity index (χ0) is 12.5. The Balaban J connectivity index is 3.34. The van der Waals surface area contributed by atoms with E-state index in [1.807, 2.05) is 0 Å². The van der Waals surface area contributed by atoms with Gasteiger partial charge < -0.3 is 15.9 Å². The Bertz CT molecular complexity index is 417. The van der Waals surface area contributed by atoms with Crippen molar-refractivity contribution in [2.75, 3.05) is 5.73 Å². The summed E-state index contributed by atoms with van der Waals surface area (Å²) in [7, 11) is 0. The fraction of sp³-hybridized carbons (Fsp3) is 0.222. The molecule has 0 bridgehead atoms. The van der Waals surface area contributed by atoms with Crippen LogP contribution in [-0.4, -0.2) is 16.2 Å². The Morgan fingerprint density at radius 1 is 1.38 bits per heavy atom. The van der Waals surface area contributed by atoms with Crippen molar-refractivity contribution in [3.05, 3.63) is 29.3 Å². The van der Waals surface area contributed by atoms with Gasteiger partial charge in [-0.2, -0.15) is 13.2 Å². The molecule has 16 heavy (non-hydrogen) atoms. The average Bonchev–Trinajstić information content (AvgIpc) is 2.15. The largest absolute Gasteiger partial charge is 0.479 e. The first-order valence-corrected chi connectivity index (χ1v) is 4.11. The van der Waals surface area contributed by atoms with Crippen molar-refractivity contribution in [1.29, 1.82) is 0 Å². The smallest absolute Gasteiger partial charge is 0.416 e. The van der Waals surface area contributed by atoms with E-state index in [0.29, 0.717) is 6.07 Å². The van der Waals surface area contributed by atoms with Gasteiger partial charge in [0.1, 0.15) is 0 Å². The number of alkyl halides is 3. The van der Waals surface area contributed by atoms with Crippen molar-refractivity contribution in [2.45, 2.75) is 12.3 Å². The zero-order valence-electron chi connectivity index (χ0n) is 7.82. The Hall–Kier alpha value is -1.76. The van der Waals surface area contributed by atoms with Crippen LogP contribution < -0.4 is 5.73 Å². The maximum absolute atomic E-state index is 12.5. The summed E-state index contributed by atoms with van der Waals surface area (Å²) in [5, 5.41) is 17.5. The molecule has 88 valence electrons. The van der Waals surface area contributed by atoms with Gasteiger partial charge in [-0.15, -0.1) is 0 Å². The number of nitrogens with two attached hydrogens (primary N) is 1. The van der Waals surface area contributed by atoms with E-state index in [9.17, 15) is 18.0 Å². The van der Waals surface area contributed by atoms with E-state index in [2.05, 4.69) is 0 Å². The van der Waals surface area contributed by atoms with Gasteiger partial charge in [0, 0.05) is 11.3 Å². The number of carboxylic acids is 1. The standard InChI is InChI=1S/C9H8F3NO3/c10-9(11,12)6-3-4(13)1-2-5(6)7(14)8(15)16/h1-3,7,14H,13H2,(H,15,16). The molecular formula is C9H8F3NO3. The van der Waals surface area contributed by atoms with Crippen LogP contribution in [0.25, 0.3) is 0 Å². The van der Waals surface area contributed by atoms with Crippen molar-refractivity contribution in [3.63, 3.8) is 0 Å². The number of halogens is 3. The normalized spacial score (nSPS) is 13.5. The molecule has 0 aromatic heterocycles. The van der Waals surface area contributed by atoms with Crippen LogP contribution in [-0.2, 0) is 11.0 Å². The third-order valence-electron chi connectivity index (χ3n) is 1.91. The van der Waals surface area contributed by atoms with E-state index < -0.39 is 29.4 Å². The predicted molar refractivity (Wildman–Crippen MR) is 48.5 cm³/mol. The van der Waals surface area contributed by atoms with Gasteiger partial charge in [-0.1, -0.05) is 6.07 Å². The van der Waals surface area contributed by atoms with Gasteiger partial charge in [0.2, 0.25) is 0 Å². The van der Waals surface area contributed by atoms with Crippen LogP contribution in [0.4, 0.5) is 18.9 Å². The molecule has 0 saturated carbocycles. The van der Waals surface area contributed by atoms with Gasteiger partial charge in [0.05, 0.1) is 5.56 Å². The molecule has 1 atom stereocenters. The fourth-order valence-corrected chi connectivity index (χ4v) is 1.19. The minimum atomic E-state index is -4.76. The Labute approximate surface area is 88.1 Å². The topological polar surface area (TPSA) is 83.5 Å². The quantitative estimate of drug-likeness (QED) is 0.676. The van der Waals surface area contributed by atoms with Crippen LogP contribution in [0.15, 0.2) is 18.2 Å². The molecule has 0 fully saturated rings. The summed E-state index contributed by atoms with van der Waals surface area (Å²) >= 11 is 0. The molecule has 4 nitrogen and oxygen atoms in total. The molecule has 1 aromatic carbocycles. The molecule has 0 aliphatic heterocycles. The zero-order valence-corrected chi connectivity index (χ0v) is 7.82. The highest BCUT2D eigenvalue weighted by Gasteiger charge is 2.36. The van der Waals surface area contributed by atoms with E-state index in [-0.39, 0.29) is 5.69 Å². The molecule has 0 aliphatic rings. The number of hydrogen-bond acceptors (Lipinski definition) is 3. The van der Waals surface area contributed by atoms with Crippen LogP contribution in [0, 0.1) is 0 Å². The number of aliphatic hydroxyl groups excluding tert-OH is 1. The van der Waals surface area contributed by atoms with E-state index in [4.69, 9.17) is 15.9 Å². The summed E-state index contributed by atoms with van der Waals surface area (Å²) < 4.78 is 37.5. The molecule has 7 heteroatoms. The first-order valence-electron chi connectivity index (χ1n) is 4.11. The third-order valence-corrected chi connectivity index (χ3v) is 1.91. The SMILES string of the molecule is Nc1ccc(C(O)C(=O)O)c(C(F)(F)F)c1. The van der Waals surface area contributed by atoms with Crippen molar-refractivity contribution in [2.24, 2.45) is 0 Å². The molecule has 1 aromatic rings. The van der Waals surface area contributed by atoms with Crippen LogP contribution in [0.2, 0.25) is 0 Å². The molecule has 1 unspecified atom stereocenters. The van der Waals surface area contributed by atoms with Gasteiger partial charge in [-0.25, -0.2) is 4.79 Å². The molecular weight excluding hydrogens is 227 g/mol. The van der Waals surface area contributed by atoms with E-state index in [0.717, 1.165) is 12.1 Å². The van der Waals surface area contributed by atoms with E-state index in [1.54, 1.807) is 0 Å². The number of hydrogen-bond donors (Lipinski definition) is 3. The Morgan fingerprint density at radius 3 is 2.38 bits per heavy atom. The summed E-state index contributed by atoms with van der Waals surface area (Å²) in [4.78, 5) is 10.4. The Morgan fingerprint density at radius 2 is 1.94 bits per heavy atom. The highest BCUT2D eigenvalue weighted by Crippen LogP contribution is 2.35. The Kier molecular flexibility index (Phi) is 3.09. The van der Waals surface area contributed by atoms with Crippen LogP contribution in [0.5, 0.6) is 0 Å². The van der Waals surface area contributed by atoms with E-state index >= 15 is 0 Å². The van der Waals surface area contributed by atoms with Crippen molar-refractivity contribution in [3.8, 4) is 0 Å². The number of carboxylic acid groups (broad SMARTS) is 1. The highest BCUT2D eigenvalue weighted by molar-refractivity contribution is 5.75. The van der Waals surface area contributed by atoms with Crippen molar-refractivity contribution >= 4 is 11.7 Å². The second-order valence-corrected chi connectivity index (χ2v) is 3.09. The van der Waals surface area contributed by atoms with Crippen LogP contribution in [0.3, 0.4) is 0 Å². The molecule has 4 N–H and O–H groups in total. The first kappa shape index (κ1) is 12.3. The minimum absolute atomic E-state index is 0.159. The maximum Gasteiger partial charge on any atom is 0.416 e. The van der Waals surface area contributed by atoms with Crippen molar-refractivity contribution < 1.29 is 28.2 Å². The molecule has 1 rings (SSSR count). The first-order chi connectivity index (χ1) is 7.23. The summed E-state index contributed by atoms with van der Waals surface area (Å²) in [5.41, 5.74) is 3.04. The van der Waals surface area contributed by atoms with E-state index in [1.165, 1.54) is 0 Å². The maximum atomic E-state index is 12.5. The van der Waals surface area contributed by atoms with Crippen molar-refractivity contribution in [1.82, 2.24) is 0 Å². The minimum Gasteiger partial charge on any atom is -0.479 e. The van der Waals surface area contributed by atoms with Gasteiger partial charge in [0.25, 0.3) is 0 Å². The summed E-state index contributed by atoms with van der Waals surface area (Å²) in [6.07, 6.45) is -6.99. The lowest BCUT2D eigenvalue weighted by Gasteiger charge is -2.15. The van der Waals surface area contributed by atoms with Crippen LogP contribution in [0.1, 0.15) is 17.2 Å². The predicted octanol–water partition coefficient (Wildman–Crippen LogP) is 1.41. The fourth-order valence-electron chi connectivity index (χ4n) is 1.19. The van der Waals surface area contributed by atoms with Gasteiger partial charge in [-0.3, -0.25) is 0 Å². The van der Waals surface area contributed by atoms with Gasteiger partial charge in [0.15, 0.2) is 6.10 Å². The number of aliphatic hydroxyl groups is 1. The number of nitrogen functional groups attached to an aromatic ring is 1. The number of carbonyl (C=O) groups is 1. The summed E-state index contributed by atoms with van der Waals surface area (Å²) in [6, 6.07) is 2.52. The molecule has 0 heterocycles. The molecule has 0 spiro atoms. The third kappa shape index (κ3) is 2.43. The van der Waals surface area contributed by atoms with Crippen LogP contribution >= 0.6 is 0 Å². The molecule has 0 amide bonds. The van der Waals surface area contributed by atoms with Gasteiger partial charge >= 0.3 is 12.1 Å². The molecule has 0 saturated heterocycles.